The highest BCUT2D eigenvalue weighted by Crippen LogP contribution is 2.31. The van der Waals surface area contributed by atoms with Gasteiger partial charge in [-0.15, -0.1) is 10.2 Å². The summed E-state index contributed by atoms with van der Waals surface area (Å²) in [5, 5.41) is 11.4. The number of carbonyl (C=O) groups excluding carboxylic acids is 1. The topological polar surface area (TPSA) is 98.1 Å². The molecule has 28 heavy (non-hydrogen) atoms. The van der Waals surface area contributed by atoms with Crippen LogP contribution in [0.25, 0.3) is 11.4 Å². The Hall–Kier alpha value is -2.50. The van der Waals surface area contributed by atoms with Crippen molar-refractivity contribution >= 4 is 15.7 Å². The van der Waals surface area contributed by atoms with Crippen LogP contribution in [0.4, 0.5) is 13.2 Å². The van der Waals surface area contributed by atoms with Crippen molar-refractivity contribution in [3.8, 4) is 11.4 Å². The third kappa shape index (κ3) is 4.49. The van der Waals surface area contributed by atoms with Gasteiger partial charge in [-0.2, -0.15) is 18.0 Å². The first-order chi connectivity index (χ1) is 13.1. The number of amides is 1. The molecule has 0 aliphatic carbocycles. The molecular formula is C16H18F3N5O3S. The number of likely N-dealkylation sites (N-methyl/N-ethyl adjacent to an activating group) is 1. The highest BCUT2D eigenvalue weighted by molar-refractivity contribution is 7.91. The van der Waals surface area contributed by atoms with E-state index in [0.29, 0.717) is 13.0 Å². The Morgan fingerprint density at radius 2 is 2.11 bits per heavy atom. The van der Waals surface area contributed by atoms with Crippen LogP contribution in [0.15, 0.2) is 24.3 Å². The molecule has 2 heterocycles. The van der Waals surface area contributed by atoms with Crippen molar-refractivity contribution in [3.63, 3.8) is 0 Å². The molecular weight excluding hydrogens is 399 g/mol. The minimum Gasteiger partial charge on any atom is -0.337 e. The number of benzene rings is 1. The number of alkyl halides is 3. The van der Waals surface area contributed by atoms with Crippen LogP contribution in [0.5, 0.6) is 0 Å². The van der Waals surface area contributed by atoms with E-state index in [1.165, 1.54) is 17.0 Å². The molecule has 1 aliphatic rings. The van der Waals surface area contributed by atoms with E-state index in [-0.39, 0.29) is 35.3 Å². The zero-order valence-corrected chi connectivity index (χ0v) is 15.7. The van der Waals surface area contributed by atoms with Gasteiger partial charge in [-0.25, -0.2) is 8.42 Å². The molecule has 2 aromatic rings. The van der Waals surface area contributed by atoms with Gasteiger partial charge in [-0.1, -0.05) is 12.1 Å². The maximum Gasteiger partial charge on any atom is 0.416 e. The van der Waals surface area contributed by atoms with Crippen LogP contribution in [0, 0.1) is 0 Å². The fourth-order valence-corrected chi connectivity index (χ4v) is 4.86. The highest BCUT2D eigenvalue weighted by Gasteiger charge is 2.34. The lowest BCUT2D eigenvalue weighted by molar-refractivity contribution is -0.137. The summed E-state index contributed by atoms with van der Waals surface area (Å²) in [6.07, 6.45) is -4.12. The van der Waals surface area contributed by atoms with Gasteiger partial charge in [0.25, 0.3) is 0 Å². The van der Waals surface area contributed by atoms with Crippen LogP contribution in [0.3, 0.4) is 0 Å². The summed E-state index contributed by atoms with van der Waals surface area (Å²) in [6, 6.07) is 4.11. The lowest BCUT2D eigenvalue weighted by atomic mass is 10.1. The molecule has 12 heteroatoms. The van der Waals surface area contributed by atoms with Crippen LogP contribution >= 0.6 is 0 Å². The van der Waals surface area contributed by atoms with E-state index in [9.17, 15) is 26.4 Å². The minimum atomic E-state index is -4.49. The van der Waals surface area contributed by atoms with Crippen molar-refractivity contribution in [1.82, 2.24) is 25.1 Å². The van der Waals surface area contributed by atoms with Gasteiger partial charge in [0.15, 0.2) is 9.84 Å². The number of halogens is 3. The quantitative estimate of drug-likeness (QED) is 0.729. The number of tetrazole rings is 1. The summed E-state index contributed by atoms with van der Waals surface area (Å²) in [7, 11) is -3.14. The zero-order chi connectivity index (χ0) is 20.5. The van der Waals surface area contributed by atoms with Crippen LogP contribution in [-0.4, -0.2) is 63.5 Å². The lowest BCUT2D eigenvalue weighted by Gasteiger charge is -2.26. The second kappa shape index (κ2) is 7.49. The van der Waals surface area contributed by atoms with Crippen LogP contribution < -0.4 is 0 Å². The Balaban J connectivity index is 1.73. The molecule has 0 spiro atoms. The van der Waals surface area contributed by atoms with E-state index in [1.807, 2.05) is 0 Å². The Kier molecular flexibility index (Phi) is 5.41. The van der Waals surface area contributed by atoms with E-state index < -0.39 is 27.6 Å². The van der Waals surface area contributed by atoms with Gasteiger partial charge >= 0.3 is 6.18 Å². The van der Waals surface area contributed by atoms with Crippen molar-refractivity contribution in [1.29, 1.82) is 0 Å². The Bertz CT molecular complexity index is 974. The molecule has 1 unspecified atom stereocenters. The van der Waals surface area contributed by atoms with Gasteiger partial charge < -0.3 is 4.90 Å². The third-order valence-electron chi connectivity index (χ3n) is 4.49. The first-order valence-corrected chi connectivity index (χ1v) is 10.4. The van der Waals surface area contributed by atoms with Crippen molar-refractivity contribution in [2.45, 2.75) is 32.1 Å². The van der Waals surface area contributed by atoms with Crippen LogP contribution in [0.1, 0.15) is 18.9 Å². The number of hydrogen-bond acceptors (Lipinski definition) is 6. The molecule has 1 aromatic heterocycles. The van der Waals surface area contributed by atoms with Gasteiger partial charge in [0.2, 0.25) is 11.7 Å². The number of aromatic nitrogens is 4. The van der Waals surface area contributed by atoms with Crippen molar-refractivity contribution in [2.75, 3.05) is 18.1 Å². The molecule has 1 aliphatic heterocycles. The maximum atomic E-state index is 12.8. The summed E-state index contributed by atoms with van der Waals surface area (Å²) in [5.74, 6) is -0.446. The van der Waals surface area contributed by atoms with E-state index in [4.69, 9.17) is 0 Å². The van der Waals surface area contributed by atoms with Crippen molar-refractivity contribution in [2.24, 2.45) is 0 Å². The molecule has 1 amide bonds. The molecule has 8 nitrogen and oxygen atoms in total. The summed E-state index contributed by atoms with van der Waals surface area (Å²) in [4.78, 5) is 15.0. The monoisotopic (exact) mass is 417 g/mol. The van der Waals surface area contributed by atoms with Crippen LogP contribution in [0.2, 0.25) is 0 Å². The molecule has 3 rings (SSSR count). The average molecular weight is 417 g/mol. The number of rotatable bonds is 5. The third-order valence-corrected chi connectivity index (χ3v) is 6.24. The molecule has 0 saturated carbocycles. The lowest BCUT2D eigenvalue weighted by Crippen LogP contribution is -2.42. The minimum absolute atomic E-state index is 0.0367. The maximum absolute atomic E-state index is 12.8. The van der Waals surface area contributed by atoms with Gasteiger partial charge in [-0.3, -0.25) is 4.79 Å². The smallest absolute Gasteiger partial charge is 0.337 e. The SMILES string of the molecule is CCN(C(=O)Cn1nnc(-c2cccc(C(F)(F)F)c2)n1)C1CCS(=O)(=O)C1. The molecule has 1 fully saturated rings. The second-order valence-electron chi connectivity index (χ2n) is 6.46. The Morgan fingerprint density at radius 1 is 1.36 bits per heavy atom. The second-order valence-corrected chi connectivity index (χ2v) is 8.69. The normalized spacial score (nSPS) is 18.9. The van der Waals surface area contributed by atoms with E-state index in [0.717, 1.165) is 16.9 Å². The van der Waals surface area contributed by atoms with Crippen LogP contribution in [-0.2, 0) is 27.4 Å². The van der Waals surface area contributed by atoms with Gasteiger partial charge in [0.05, 0.1) is 17.1 Å². The number of nitrogens with zero attached hydrogens (tertiary/aromatic N) is 5. The molecule has 1 saturated heterocycles. The standard InChI is InChI=1S/C16H18F3N5O3S/c1-2-23(13-6-7-28(26,27)10-13)14(25)9-24-21-15(20-22-24)11-4-3-5-12(8-11)16(17,18)19/h3-5,8,13H,2,6-7,9-10H2,1H3. The molecule has 0 N–H and O–H groups in total. The number of carbonyl (C=O) groups is 1. The zero-order valence-electron chi connectivity index (χ0n) is 14.9. The predicted octanol–water partition coefficient (Wildman–Crippen LogP) is 1.39. The summed E-state index contributed by atoms with van der Waals surface area (Å²) in [5.41, 5.74) is -0.709. The Labute approximate surface area is 159 Å². The van der Waals surface area contributed by atoms with E-state index >= 15 is 0 Å². The van der Waals surface area contributed by atoms with Crippen molar-refractivity contribution < 1.29 is 26.4 Å². The summed E-state index contributed by atoms with van der Waals surface area (Å²) >= 11 is 0. The first kappa shape index (κ1) is 20.2. The van der Waals surface area contributed by atoms with Gasteiger partial charge in [-0.05, 0) is 30.7 Å². The van der Waals surface area contributed by atoms with Gasteiger partial charge in [0.1, 0.15) is 6.54 Å². The molecule has 0 radical (unpaired) electrons. The number of hydrogen-bond donors (Lipinski definition) is 0. The average Bonchev–Trinajstić information content (AvgIpc) is 3.21. The largest absolute Gasteiger partial charge is 0.416 e. The summed E-state index contributed by atoms with van der Waals surface area (Å²) < 4.78 is 61.8. The predicted molar refractivity (Wildman–Crippen MR) is 92.7 cm³/mol. The number of sulfone groups is 1. The van der Waals surface area contributed by atoms with E-state index in [2.05, 4.69) is 15.4 Å². The molecule has 1 aromatic carbocycles. The molecule has 0 bridgehead atoms. The molecule has 1 atom stereocenters. The first-order valence-electron chi connectivity index (χ1n) is 8.54. The van der Waals surface area contributed by atoms with E-state index in [1.54, 1.807) is 6.92 Å². The Morgan fingerprint density at radius 3 is 2.71 bits per heavy atom. The molecule has 152 valence electrons. The fourth-order valence-electron chi connectivity index (χ4n) is 3.13. The van der Waals surface area contributed by atoms with Gasteiger partial charge in [0, 0.05) is 18.2 Å². The fraction of sp³-hybridized carbons (Fsp3) is 0.500. The highest BCUT2D eigenvalue weighted by atomic mass is 32.2. The summed E-state index contributed by atoms with van der Waals surface area (Å²) in [6.45, 7) is 1.79. The van der Waals surface area contributed by atoms with Crippen molar-refractivity contribution in [3.05, 3.63) is 29.8 Å².